The summed E-state index contributed by atoms with van der Waals surface area (Å²) in [5, 5.41) is 10.0. The fourth-order valence-corrected chi connectivity index (χ4v) is 3.63. The maximum Gasteiger partial charge on any atom is 0.255 e. The predicted molar refractivity (Wildman–Crippen MR) is 121 cm³/mol. The lowest BCUT2D eigenvalue weighted by molar-refractivity contribution is -0.115. The lowest BCUT2D eigenvalue weighted by Crippen LogP contribution is -2.33. The molecule has 4 rings (SSSR count). The van der Waals surface area contributed by atoms with Crippen LogP contribution < -0.4 is 20.1 Å². The molecule has 0 unspecified atom stereocenters. The normalized spacial score (nSPS) is 12.7. The van der Waals surface area contributed by atoms with Gasteiger partial charge in [0.1, 0.15) is 5.69 Å². The first-order valence-corrected chi connectivity index (χ1v) is 10.5. The van der Waals surface area contributed by atoms with Crippen molar-refractivity contribution >= 4 is 17.5 Å². The van der Waals surface area contributed by atoms with Gasteiger partial charge in [-0.2, -0.15) is 5.10 Å². The molecule has 8 nitrogen and oxygen atoms in total. The number of para-hydroxylation sites is 1. The lowest BCUT2D eigenvalue weighted by atomic mass is 10.1. The number of nitrogens with one attached hydrogen (secondary N) is 2. The van der Waals surface area contributed by atoms with Gasteiger partial charge in [-0.05, 0) is 43.2 Å². The Bertz CT molecular complexity index is 1150. The fraction of sp³-hybridized carbons (Fsp3) is 0.292. The van der Waals surface area contributed by atoms with Crippen molar-refractivity contribution in [3.63, 3.8) is 0 Å². The van der Waals surface area contributed by atoms with E-state index in [0.717, 1.165) is 28.8 Å². The molecule has 0 spiro atoms. The van der Waals surface area contributed by atoms with Crippen LogP contribution in [0, 0.1) is 13.8 Å². The topological polar surface area (TPSA) is 94.5 Å². The summed E-state index contributed by atoms with van der Waals surface area (Å²) in [7, 11) is 1.75. The Morgan fingerprint density at radius 1 is 1.06 bits per heavy atom. The molecule has 1 aliphatic heterocycles. The molecule has 0 saturated heterocycles. The minimum atomic E-state index is -0.378. The molecule has 1 aliphatic rings. The van der Waals surface area contributed by atoms with Crippen LogP contribution in [0.5, 0.6) is 11.5 Å². The Labute approximate surface area is 186 Å². The van der Waals surface area contributed by atoms with E-state index < -0.39 is 0 Å². The third kappa shape index (κ3) is 4.59. The number of benzene rings is 2. The first-order valence-electron chi connectivity index (χ1n) is 10.5. The third-order valence-corrected chi connectivity index (χ3v) is 5.25. The standard InChI is InChI=1S/C24H26N4O4/c1-15-6-4-7-16(2)22(15)26-21(29)13-25-24(30)18-14-28(3)27-23(18)17-8-9-19-20(12-17)32-11-5-10-31-19/h4,6-9,12,14H,5,10-11,13H2,1-3H3,(H,25,30)(H,26,29). The number of amides is 2. The van der Waals surface area contributed by atoms with Crippen molar-refractivity contribution < 1.29 is 19.1 Å². The van der Waals surface area contributed by atoms with Gasteiger partial charge in [0.2, 0.25) is 5.91 Å². The molecule has 0 bridgehead atoms. The van der Waals surface area contributed by atoms with Crippen molar-refractivity contribution in [1.82, 2.24) is 15.1 Å². The van der Waals surface area contributed by atoms with Crippen LogP contribution in [0.1, 0.15) is 27.9 Å². The number of aromatic nitrogens is 2. The van der Waals surface area contributed by atoms with Crippen molar-refractivity contribution in [1.29, 1.82) is 0 Å². The molecule has 2 amide bonds. The number of aryl methyl sites for hydroxylation is 3. The van der Waals surface area contributed by atoms with Crippen molar-refractivity contribution in [3.05, 3.63) is 59.3 Å². The Morgan fingerprint density at radius 3 is 2.53 bits per heavy atom. The smallest absolute Gasteiger partial charge is 0.255 e. The van der Waals surface area contributed by atoms with E-state index in [-0.39, 0.29) is 18.4 Å². The first-order chi connectivity index (χ1) is 15.4. The molecule has 0 aliphatic carbocycles. The molecule has 32 heavy (non-hydrogen) atoms. The number of rotatable bonds is 5. The van der Waals surface area contributed by atoms with Crippen molar-refractivity contribution in [2.75, 3.05) is 25.1 Å². The van der Waals surface area contributed by atoms with Gasteiger partial charge in [-0.25, -0.2) is 0 Å². The van der Waals surface area contributed by atoms with Crippen LogP contribution in [0.2, 0.25) is 0 Å². The van der Waals surface area contributed by atoms with Crippen LogP contribution in [0.25, 0.3) is 11.3 Å². The van der Waals surface area contributed by atoms with Gasteiger partial charge in [-0.15, -0.1) is 0 Å². The van der Waals surface area contributed by atoms with Gasteiger partial charge in [-0.1, -0.05) is 18.2 Å². The number of anilines is 1. The van der Waals surface area contributed by atoms with E-state index in [0.29, 0.717) is 36.0 Å². The largest absolute Gasteiger partial charge is 0.490 e. The number of carbonyl (C=O) groups is 2. The molecule has 3 aromatic rings. The number of ether oxygens (including phenoxy) is 2. The summed E-state index contributed by atoms with van der Waals surface area (Å²) in [5.74, 6) is 0.634. The van der Waals surface area contributed by atoms with Crippen LogP contribution >= 0.6 is 0 Å². The van der Waals surface area contributed by atoms with E-state index in [1.165, 1.54) is 0 Å². The molecule has 2 aromatic carbocycles. The molecule has 0 saturated carbocycles. The zero-order valence-corrected chi connectivity index (χ0v) is 18.4. The monoisotopic (exact) mass is 434 g/mol. The highest BCUT2D eigenvalue weighted by Gasteiger charge is 2.20. The van der Waals surface area contributed by atoms with Crippen molar-refractivity contribution in [3.8, 4) is 22.8 Å². The fourth-order valence-electron chi connectivity index (χ4n) is 3.63. The number of hydrogen-bond donors (Lipinski definition) is 2. The van der Waals surface area contributed by atoms with Gasteiger partial charge in [0.25, 0.3) is 5.91 Å². The number of fused-ring (bicyclic) bond motifs is 1. The van der Waals surface area contributed by atoms with Gasteiger partial charge in [0, 0.05) is 30.9 Å². The van der Waals surface area contributed by atoms with Gasteiger partial charge < -0.3 is 20.1 Å². The highest BCUT2D eigenvalue weighted by atomic mass is 16.5. The molecule has 2 heterocycles. The summed E-state index contributed by atoms with van der Waals surface area (Å²) in [4.78, 5) is 25.3. The molecule has 0 fully saturated rings. The molecule has 2 N–H and O–H groups in total. The van der Waals surface area contributed by atoms with Crippen LogP contribution in [-0.2, 0) is 11.8 Å². The second kappa shape index (κ2) is 9.13. The van der Waals surface area contributed by atoms with Crippen LogP contribution in [0.15, 0.2) is 42.6 Å². The summed E-state index contributed by atoms with van der Waals surface area (Å²) >= 11 is 0. The highest BCUT2D eigenvalue weighted by Crippen LogP contribution is 2.34. The molecular weight excluding hydrogens is 408 g/mol. The van der Waals surface area contributed by atoms with E-state index in [1.807, 2.05) is 50.2 Å². The highest BCUT2D eigenvalue weighted by molar-refractivity contribution is 6.03. The van der Waals surface area contributed by atoms with E-state index in [1.54, 1.807) is 17.9 Å². The number of hydrogen-bond acceptors (Lipinski definition) is 5. The third-order valence-electron chi connectivity index (χ3n) is 5.25. The molecule has 166 valence electrons. The summed E-state index contributed by atoms with van der Waals surface area (Å²) in [6, 6.07) is 11.3. The maximum atomic E-state index is 12.9. The molecule has 8 heteroatoms. The molecule has 0 atom stereocenters. The van der Waals surface area contributed by atoms with Crippen molar-refractivity contribution in [2.45, 2.75) is 20.3 Å². The number of nitrogens with zero attached hydrogens (tertiary/aromatic N) is 2. The SMILES string of the molecule is Cc1cccc(C)c1NC(=O)CNC(=O)c1cn(C)nc1-c1ccc2c(c1)OCCCO2. The van der Waals surface area contributed by atoms with Gasteiger partial charge >= 0.3 is 0 Å². The molecule has 0 radical (unpaired) electrons. The average molecular weight is 434 g/mol. The Hall–Kier alpha value is -3.81. The summed E-state index contributed by atoms with van der Waals surface area (Å²) in [5.41, 5.74) is 4.32. The number of carbonyl (C=O) groups excluding carboxylic acids is 2. The minimum absolute atomic E-state index is 0.151. The minimum Gasteiger partial charge on any atom is -0.490 e. The van der Waals surface area contributed by atoms with E-state index in [4.69, 9.17) is 9.47 Å². The molecular formula is C24H26N4O4. The second-order valence-corrected chi connectivity index (χ2v) is 7.77. The summed E-state index contributed by atoms with van der Waals surface area (Å²) < 4.78 is 13.0. The quantitative estimate of drug-likeness (QED) is 0.643. The zero-order chi connectivity index (χ0) is 22.7. The summed E-state index contributed by atoms with van der Waals surface area (Å²) in [6.45, 7) is 4.88. The average Bonchev–Trinajstić information content (AvgIpc) is 3.01. The Kier molecular flexibility index (Phi) is 6.11. The van der Waals surface area contributed by atoms with Crippen molar-refractivity contribution in [2.24, 2.45) is 7.05 Å². The van der Waals surface area contributed by atoms with E-state index >= 15 is 0 Å². The van der Waals surface area contributed by atoms with Crippen LogP contribution in [-0.4, -0.2) is 41.4 Å². The zero-order valence-electron chi connectivity index (χ0n) is 18.4. The molecule has 1 aromatic heterocycles. The Balaban J connectivity index is 1.48. The van der Waals surface area contributed by atoms with Gasteiger partial charge in [0.05, 0.1) is 25.3 Å². The van der Waals surface area contributed by atoms with Crippen LogP contribution in [0.4, 0.5) is 5.69 Å². The Morgan fingerprint density at radius 2 is 1.78 bits per heavy atom. The van der Waals surface area contributed by atoms with E-state index in [9.17, 15) is 9.59 Å². The van der Waals surface area contributed by atoms with E-state index in [2.05, 4.69) is 15.7 Å². The lowest BCUT2D eigenvalue weighted by Gasteiger charge is -2.12. The second-order valence-electron chi connectivity index (χ2n) is 7.77. The van der Waals surface area contributed by atoms with Gasteiger partial charge in [0.15, 0.2) is 11.5 Å². The van der Waals surface area contributed by atoms with Gasteiger partial charge in [-0.3, -0.25) is 14.3 Å². The first kappa shape index (κ1) is 21.4. The summed E-state index contributed by atoms with van der Waals surface area (Å²) in [6.07, 6.45) is 2.45. The maximum absolute atomic E-state index is 12.9. The predicted octanol–water partition coefficient (Wildman–Crippen LogP) is 3.23. The van der Waals surface area contributed by atoms with Crippen LogP contribution in [0.3, 0.4) is 0 Å².